The van der Waals surface area contributed by atoms with Gasteiger partial charge in [0.2, 0.25) is 5.91 Å². The van der Waals surface area contributed by atoms with E-state index in [0.29, 0.717) is 0 Å². The van der Waals surface area contributed by atoms with Gasteiger partial charge in [-0.05, 0) is 0 Å². The summed E-state index contributed by atoms with van der Waals surface area (Å²) in [5.74, 6) is -7.98. The summed E-state index contributed by atoms with van der Waals surface area (Å²) in [6, 6.07) is -1.31. The summed E-state index contributed by atoms with van der Waals surface area (Å²) in [6.07, 6.45) is -6.86. The second kappa shape index (κ2) is 12.3. The molecule has 0 bridgehead atoms. The van der Waals surface area contributed by atoms with E-state index in [-0.39, 0.29) is 0 Å². The van der Waals surface area contributed by atoms with Crippen molar-refractivity contribution in [2.75, 3.05) is 13.7 Å². The fourth-order valence-corrected chi connectivity index (χ4v) is 3.41. The summed E-state index contributed by atoms with van der Waals surface area (Å²) in [5, 5.41) is 13.3. The number of hydrogen-bond acceptors (Lipinski definition) is 13. The van der Waals surface area contributed by atoms with Gasteiger partial charge in [0.15, 0.2) is 12.2 Å². The second-order valence-corrected chi connectivity index (χ2v) is 7.46. The Morgan fingerprint density at radius 2 is 1.56 bits per heavy atom. The van der Waals surface area contributed by atoms with Crippen LogP contribution in [0.3, 0.4) is 0 Å². The number of carbonyl (C=O) groups excluding carboxylic acids is 6. The maximum Gasteiger partial charge on any atom is 0.366 e. The van der Waals surface area contributed by atoms with Crippen molar-refractivity contribution in [1.29, 1.82) is 0 Å². The summed E-state index contributed by atoms with van der Waals surface area (Å²) in [6.45, 7) is 4.69. The smallest absolute Gasteiger partial charge is 0.366 e. The van der Waals surface area contributed by atoms with Gasteiger partial charge in [-0.3, -0.25) is 24.0 Å². The van der Waals surface area contributed by atoms with E-state index in [2.05, 4.69) is 10.1 Å². The normalized spacial score (nSPS) is 25.7. The van der Waals surface area contributed by atoms with E-state index in [1.54, 1.807) is 0 Å². The number of amides is 1. The lowest BCUT2D eigenvalue weighted by atomic mass is 9.88. The van der Waals surface area contributed by atoms with Crippen molar-refractivity contribution in [1.82, 2.24) is 5.32 Å². The Morgan fingerprint density at radius 1 is 0.971 bits per heavy atom. The lowest BCUT2D eigenvalue weighted by molar-refractivity contribution is -0.299. The molecule has 6 atom stereocenters. The van der Waals surface area contributed by atoms with Gasteiger partial charge in [0, 0.05) is 34.6 Å². The van der Waals surface area contributed by atoms with E-state index in [0.717, 1.165) is 41.7 Å². The minimum Gasteiger partial charge on any atom is -0.465 e. The van der Waals surface area contributed by atoms with Gasteiger partial charge in [0.25, 0.3) is 5.79 Å². The Labute approximate surface area is 195 Å². The van der Waals surface area contributed by atoms with Gasteiger partial charge in [0.1, 0.15) is 18.8 Å². The molecule has 0 aromatic carbocycles. The van der Waals surface area contributed by atoms with E-state index in [1.165, 1.54) is 0 Å². The monoisotopic (exact) mass is 491 g/mol. The number of esters is 5. The quantitative estimate of drug-likeness (QED) is 0.280. The van der Waals surface area contributed by atoms with Crippen LogP contribution >= 0.6 is 0 Å². The molecule has 1 aliphatic heterocycles. The molecule has 0 aromatic rings. The highest BCUT2D eigenvalue weighted by Gasteiger charge is 2.57. The molecule has 1 heterocycles. The van der Waals surface area contributed by atoms with Crippen molar-refractivity contribution in [3.05, 3.63) is 0 Å². The number of ether oxygens (including phenoxy) is 6. The van der Waals surface area contributed by atoms with Gasteiger partial charge < -0.3 is 38.8 Å². The third-order valence-electron chi connectivity index (χ3n) is 4.52. The van der Waals surface area contributed by atoms with Crippen LogP contribution in [0.2, 0.25) is 0 Å². The van der Waals surface area contributed by atoms with E-state index in [4.69, 9.17) is 23.7 Å². The number of nitrogens with one attached hydrogen (secondary N) is 1. The SMILES string of the molecule is COC(=O)[C@]1(O)C[C@H](OC(C)=O)[C@@H](NC(C)=O)[C@H]([C@H](OC(C)=O)[C@@H](COC(C)=O)OC(C)=O)O1. The predicted molar refractivity (Wildman–Crippen MR) is 107 cm³/mol. The zero-order chi connectivity index (χ0) is 26.2. The Bertz CT molecular complexity index is 812. The Balaban J connectivity index is 3.64. The van der Waals surface area contributed by atoms with E-state index in [1.807, 2.05) is 0 Å². The molecule has 14 heteroatoms. The highest BCUT2D eigenvalue weighted by atomic mass is 16.7. The molecule has 0 unspecified atom stereocenters. The van der Waals surface area contributed by atoms with Crippen molar-refractivity contribution < 1.29 is 62.3 Å². The number of aliphatic hydroxyl groups is 1. The highest BCUT2D eigenvalue weighted by molar-refractivity contribution is 5.78. The van der Waals surface area contributed by atoms with Crippen LogP contribution in [0, 0.1) is 0 Å². The molecule has 1 amide bonds. The Hall–Kier alpha value is -3.26. The Kier molecular flexibility index (Phi) is 10.4. The van der Waals surface area contributed by atoms with Crippen LogP contribution in [0.25, 0.3) is 0 Å². The molecular weight excluding hydrogens is 462 g/mol. The van der Waals surface area contributed by atoms with Crippen molar-refractivity contribution in [2.45, 2.75) is 77.3 Å². The molecule has 0 spiro atoms. The number of carbonyl (C=O) groups is 6. The standard InChI is InChI=1S/C20H29NO13/c1-9(22)21-16-14(31-11(3)24)7-20(28,19(27)29-6)34-18(16)17(33-13(5)26)15(32-12(4)25)8-30-10(2)23/h14-18,28H,7-8H2,1-6H3,(H,21,22)/t14-,15+,16+,17+,18+,20-/m0/s1. The van der Waals surface area contributed by atoms with Crippen LogP contribution in [0.4, 0.5) is 0 Å². The fraction of sp³-hybridized carbons (Fsp3) is 0.700. The first-order valence-corrected chi connectivity index (χ1v) is 10.1. The van der Waals surface area contributed by atoms with Crippen molar-refractivity contribution in [3.63, 3.8) is 0 Å². The topological polar surface area (TPSA) is 190 Å². The number of rotatable bonds is 9. The summed E-state index contributed by atoms with van der Waals surface area (Å²) in [4.78, 5) is 70.9. The molecule has 14 nitrogen and oxygen atoms in total. The third kappa shape index (κ3) is 8.26. The average molecular weight is 491 g/mol. The third-order valence-corrected chi connectivity index (χ3v) is 4.52. The Morgan fingerprint density at radius 3 is 2.00 bits per heavy atom. The summed E-state index contributed by atoms with van der Waals surface area (Å²) in [7, 11) is 0.964. The maximum atomic E-state index is 12.3. The lowest BCUT2D eigenvalue weighted by Crippen LogP contribution is -2.68. The van der Waals surface area contributed by atoms with Gasteiger partial charge >= 0.3 is 29.8 Å². The van der Waals surface area contributed by atoms with Gasteiger partial charge in [-0.15, -0.1) is 0 Å². The van der Waals surface area contributed by atoms with Crippen LogP contribution in [0.15, 0.2) is 0 Å². The molecule has 2 N–H and O–H groups in total. The molecular formula is C20H29NO13. The molecule has 0 radical (unpaired) electrons. The van der Waals surface area contributed by atoms with Gasteiger partial charge in [-0.25, -0.2) is 4.79 Å². The first-order chi connectivity index (χ1) is 15.7. The summed E-state index contributed by atoms with van der Waals surface area (Å²) >= 11 is 0. The van der Waals surface area contributed by atoms with Crippen LogP contribution in [-0.4, -0.2) is 90.8 Å². The van der Waals surface area contributed by atoms with Crippen LogP contribution in [0.1, 0.15) is 41.0 Å². The molecule has 0 saturated carbocycles. The largest absolute Gasteiger partial charge is 0.465 e. The van der Waals surface area contributed by atoms with Gasteiger partial charge in [-0.2, -0.15) is 0 Å². The molecule has 1 rings (SSSR count). The fourth-order valence-electron chi connectivity index (χ4n) is 3.41. The van der Waals surface area contributed by atoms with Crippen molar-refractivity contribution in [2.24, 2.45) is 0 Å². The van der Waals surface area contributed by atoms with Crippen molar-refractivity contribution >= 4 is 35.8 Å². The molecule has 34 heavy (non-hydrogen) atoms. The molecule has 0 aliphatic carbocycles. The second-order valence-electron chi connectivity index (χ2n) is 7.46. The zero-order valence-corrected chi connectivity index (χ0v) is 19.6. The van der Waals surface area contributed by atoms with Crippen LogP contribution < -0.4 is 5.32 Å². The van der Waals surface area contributed by atoms with E-state index >= 15 is 0 Å². The van der Waals surface area contributed by atoms with E-state index in [9.17, 15) is 33.9 Å². The highest BCUT2D eigenvalue weighted by Crippen LogP contribution is 2.34. The lowest BCUT2D eigenvalue weighted by Gasteiger charge is -2.46. The average Bonchev–Trinajstić information content (AvgIpc) is 2.69. The van der Waals surface area contributed by atoms with E-state index < -0.39 is 85.0 Å². The number of hydrogen-bond donors (Lipinski definition) is 2. The first-order valence-electron chi connectivity index (χ1n) is 10.1. The van der Waals surface area contributed by atoms with Crippen LogP contribution in [-0.2, 0) is 57.2 Å². The molecule has 192 valence electrons. The predicted octanol–water partition coefficient (Wildman–Crippen LogP) is -1.50. The number of methoxy groups -OCH3 is 1. The van der Waals surface area contributed by atoms with Gasteiger partial charge in [0.05, 0.1) is 19.6 Å². The van der Waals surface area contributed by atoms with Crippen molar-refractivity contribution in [3.8, 4) is 0 Å². The maximum absolute atomic E-state index is 12.3. The minimum atomic E-state index is -2.71. The molecule has 1 saturated heterocycles. The molecule has 1 aliphatic rings. The molecule has 0 aromatic heterocycles. The molecule has 1 fully saturated rings. The van der Waals surface area contributed by atoms with Gasteiger partial charge in [-0.1, -0.05) is 0 Å². The summed E-state index contributed by atoms with van der Waals surface area (Å²) < 4.78 is 30.6. The zero-order valence-electron chi connectivity index (χ0n) is 19.6. The minimum absolute atomic E-state index is 0.617. The first kappa shape index (κ1) is 28.8. The summed E-state index contributed by atoms with van der Waals surface area (Å²) in [5.41, 5.74) is 0. The van der Waals surface area contributed by atoms with Crippen LogP contribution in [0.5, 0.6) is 0 Å².